The molecule has 1 atom stereocenters. The lowest BCUT2D eigenvalue weighted by molar-refractivity contribution is 0.0878. The molecule has 1 amide bonds. The van der Waals surface area contributed by atoms with Gasteiger partial charge in [0.05, 0.1) is 25.9 Å². The van der Waals surface area contributed by atoms with E-state index in [9.17, 15) is 4.79 Å². The molecule has 0 aliphatic carbocycles. The SMILES string of the molecule is CCc1cnc(N2CCC([C@H](C)CCOc3ccc(C(=O)NC(CO)CO)c(C)c3)CC2)nc1. The Morgan fingerprint density at radius 3 is 2.47 bits per heavy atom. The van der Waals surface area contributed by atoms with Gasteiger partial charge in [0, 0.05) is 31.0 Å². The highest BCUT2D eigenvalue weighted by atomic mass is 16.5. The maximum atomic E-state index is 12.3. The Morgan fingerprint density at radius 1 is 1.21 bits per heavy atom. The van der Waals surface area contributed by atoms with Crippen LogP contribution in [0.15, 0.2) is 30.6 Å². The number of nitrogens with zero attached hydrogens (tertiary/aromatic N) is 3. The van der Waals surface area contributed by atoms with Crippen molar-refractivity contribution < 1.29 is 19.7 Å². The number of hydrogen-bond donors (Lipinski definition) is 3. The molecule has 1 fully saturated rings. The first-order valence-electron chi connectivity index (χ1n) is 12.3. The van der Waals surface area contributed by atoms with Gasteiger partial charge < -0.3 is 25.2 Å². The van der Waals surface area contributed by atoms with Gasteiger partial charge in [-0.3, -0.25) is 4.79 Å². The second-order valence-electron chi connectivity index (χ2n) is 9.20. The van der Waals surface area contributed by atoms with Gasteiger partial charge in [-0.1, -0.05) is 13.8 Å². The van der Waals surface area contributed by atoms with Gasteiger partial charge >= 0.3 is 0 Å². The average molecular weight is 471 g/mol. The number of ether oxygens (including phenoxy) is 1. The lowest BCUT2D eigenvalue weighted by Crippen LogP contribution is -2.40. The van der Waals surface area contributed by atoms with Gasteiger partial charge in [-0.25, -0.2) is 9.97 Å². The zero-order valence-electron chi connectivity index (χ0n) is 20.5. The van der Waals surface area contributed by atoms with Gasteiger partial charge in [-0.05, 0) is 73.8 Å². The van der Waals surface area contributed by atoms with Crippen LogP contribution in [0.2, 0.25) is 0 Å². The predicted molar refractivity (Wildman–Crippen MR) is 132 cm³/mol. The number of aromatic nitrogens is 2. The third-order valence-corrected chi connectivity index (χ3v) is 6.79. The predicted octanol–water partition coefficient (Wildman–Crippen LogP) is 2.75. The van der Waals surface area contributed by atoms with E-state index < -0.39 is 6.04 Å². The highest BCUT2D eigenvalue weighted by Crippen LogP contribution is 2.29. The van der Waals surface area contributed by atoms with Crippen molar-refractivity contribution in [2.24, 2.45) is 11.8 Å². The molecule has 2 heterocycles. The Morgan fingerprint density at radius 2 is 1.88 bits per heavy atom. The number of amides is 1. The molecule has 186 valence electrons. The molecule has 1 aliphatic heterocycles. The van der Waals surface area contributed by atoms with Crippen molar-refractivity contribution in [2.45, 2.75) is 52.5 Å². The van der Waals surface area contributed by atoms with Crippen molar-refractivity contribution in [3.05, 3.63) is 47.3 Å². The molecule has 0 radical (unpaired) electrons. The molecular weight excluding hydrogens is 432 g/mol. The number of rotatable bonds is 11. The van der Waals surface area contributed by atoms with Crippen LogP contribution in [0.4, 0.5) is 5.95 Å². The normalized spacial score (nSPS) is 15.4. The largest absolute Gasteiger partial charge is 0.494 e. The van der Waals surface area contributed by atoms with E-state index in [2.05, 4.69) is 34.0 Å². The van der Waals surface area contributed by atoms with E-state index >= 15 is 0 Å². The van der Waals surface area contributed by atoms with E-state index in [0.29, 0.717) is 24.0 Å². The summed E-state index contributed by atoms with van der Waals surface area (Å²) < 4.78 is 5.98. The number of aliphatic hydroxyl groups excluding tert-OH is 2. The van der Waals surface area contributed by atoms with Crippen molar-refractivity contribution in [3.8, 4) is 5.75 Å². The number of anilines is 1. The van der Waals surface area contributed by atoms with Gasteiger partial charge in [0.1, 0.15) is 5.75 Å². The van der Waals surface area contributed by atoms with Crippen LogP contribution in [0.25, 0.3) is 0 Å². The zero-order valence-corrected chi connectivity index (χ0v) is 20.5. The van der Waals surface area contributed by atoms with Crippen molar-refractivity contribution in [3.63, 3.8) is 0 Å². The molecule has 8 nitrogen and oxygen atoms in total. The number of benzene rings is 1. The fraction of sp³-hybridized carbons (Fsp3) is 0.577. The summed E-state index contributed by atoms with van der Waals surface area (Å²) in [5.74, 6) is 2.48. The maximum Gasteiger partial charge on any atom is 0.251 e. The monoisotopic (exact) mass is 470 g/mol. The molecule has 1 saturated heterocycles. The fourth-order valence-electron chi connectivity index (χ4n) is 4.35. The standard InChI is InChI=1S/C26H38N4O4/c1-4-20-14-27-26(28-15-20)30-10-7-21(8-11-30)18(2)9-12-34-23-5-6-24(19(3)13-23)25(33)29-22(16-31)17-32/h5-6,13-15,18,21-22,31-32H,4,7-12,16-17H2,1-3H3,(H,29,33)/t18-/m1/s1. The molecule has 0 unspecified atom stereocenters. The third kappa shape index (κ3) is 6.90. The van der Waals surface area contributed by atoms with Crippen LogP contribution < -0.4 is 15.0 Å². The van der Waals surface area contributed by atoms with E-state index in [1.807, 2.05) is 25.4 Å². The first-order chi connectivity index (χ1) is 16.4. The van der Waals surface area contributed by atoms with E-state index in [1.165, 1.54) is 0 Å². The molecule has 1 aromatic heterocycles. The van der Waals surface area contributed by atoms with Crippen molar-refractivity contribution in [1.82, 2.24) is 15.3 Å². The lowest BCUT2D eigenvalue weighted by Gasteiger charge is -2.35. The van der Waals surface area contributed by atoms with E-state index in [-0.39, 0.29) is 19.1 Å². The second kappa shape index (κ2) is 12.7. The Bertz CT molecular complexity index is 910. The van der Waals surface area contributed by atoms with Crippen LogP contribution in [0, 0.1) is 18.8 Å². The minimum atomic E-state index is -0.662. The summed E-state index contributed by atoms with van der Waals surface area (Å²) in [5.41, 5.74) is 2.46. The molecular formula is C26H38N4O4. The third-order valence-electron chi connectivity index (χ3n) is 6.79. The van der Waals surface area contributed by atoms with Crippen molar-refractivity contribution in [1.29, 1.82) is 0 Å². The van der Waals surface area contributed by atoms with Gasteiger partial charge in [0.2, 0.25) is 5.95 Å². The molecule has 2 aromatic rings. The van der Waals surface area contributed by atoms with Crippen LogP contribution in [0.5, 0.6) is 5.75 Å². The van der Waals surface area contributed by atoms with E-state index in [0.717, 1.165) is 61.6 Å². The van der Waals surface area contributed by atoms with E-state index in [1.54, 1.807) is 12.1 Å². The first kappa shape index (κ1) is 25.9. The number of hydrogen-bond acceptors (Lipinski definition) is 7. The molecule has 1 aliphatic rings. The minimum Gasteiger partial charge on any atom is -0.494 e. The van der Waals surface area contributed by atoms with Crippen molar-refractivity contribution in [2.75, 3.05) is 37.8 Å². The maximum absolute atomic E-state index is 12.3. The van der Waals surface area contributed by atoms with Crippen LogP contribution in [-0.2, 0) is 6.42 Å². The summed E-state index contributed by atoms with van der Waals surface area (Å²) in [7, 11) is 0. The minimum absolute atomic E-state index is 0.306. The molecule has 3 N–H and O–H groups in total. The van der Waals surface area contributed by atoms with Gasteiger partial charge in [0.25, 0.3) is 5.91 Å². The molecule has 1 aromatic carbocycles. The summed E-state index contributed by atoms with van der Waals surface area (Å²) in [6, 6.07) is 4.71. The summed E-state index contributed by atoms with van der Waals surface area (Å²) >= 11 is 0. The summed E-state index contributed by atoms with van der Waals surface area (Å²) in [6.45, 7) is 8.25. The van der Waals surface area contributed by atoms with Crippen molar-refractivity contribution >= 4 is 11.9 Å². The van der Waals surface area contributed by atoms with Crippen LogP contribution >= 0.6 is 0 Å². The lowest BCUT2D eigenvalue weighted by atomic mass is 9.84. The topological polar surface area (TPSA) is 108 Å². The Hall–Kier alpha value is -2.71. The number of nitrogens with one attached hydrogen (secondary N) is 1. The number of aryl methyl sites for hydroxylation is 2. The fourth-order valence-corrected chi connectivity index (χ4v) is 4.35. The van der Waals surface area contributed by atoms with Gasteiger partial charge in [-0.15, -0.1) is 0 Å². The smallest absolute Gasteiger partial charge is 0.251 e. The quantitative estimate of drug-likeness (QED) is 0.463. The molecule has 0 bridgehead atoms. The molecule has 0 saturated carbocycles. The number of piperidine rings is 1. The molecule has 0 spiro atoms. The first-order valence-corrected chi connectivity index (χ1v) is 12.3. The number of aliphatic hydroxyl groups is 2. The Kier molecular flexibility index (Phi) is 9.65. The molecule has 8 heteroatoms. The van der Waals surface area contributed by atoms with Gasteiger partial charge in [0.15, 0.2) is 0 Å². The summed E-state index contributed by atoms with van der Waals surface area (Å²) in [6.07, 6.45) is 8.04. The average Bonchev–Trinajstić information content (AvgIpc) is 2.87. The summed E-state index contributed by atoms with van der Waals surface area (Å²) in [5, 5.41) is 20.9. The van der Waals surface area contributed by atoms with Crippen LogP contribution in [0.1, 0.15) is 54.6 Å². The van der Waals surface area contributed by atoms with Crippen LogP contribution in [-0.4, -0.2) is 65.0 Å². The Balaban J connectivity index is 1.43. The highest BCUT2D eigenvalue weighted by molar-refractivity contribution is 5.96. The zero-order chi connectivity index (χ0) is 24.5. The van der Waals surface area contributed by atoms with E-state index in [4.69, 9.17) is 14.9 Å². The van der Waals surface area contributed by atoms with Gasteiger partial charge in [-0.2, -0.15) is 0 Å². The number of carbonyl (C=O) groups is 1. The Labute approximate surface area is 202 Å². The number of carbonyl (C=O) groups excluding carboxylic acids is 1. The van der Waals surface area contributed by atoms with Crippen LogP contribution in [0.3, 0.4) is 0 Å². The molecule has 3 rings (SSSR count). The molecule has 34 heavy (non-hydrogen) atoms. The highest BCUT2D eigenvalue weighted by Gasteiger charge is 2.25. The summed E-state index contributed by atoms with van der Waals surface area (Å²) in [4.78, 5) is 23.7. The second-order valence-corrected chi connectivity index (χ2v) is 9.20.